The zero-order chi connectivity index (χ0) is 14.5. The molecule has 7 heteroatoms. The molecule has 0 amide bonds. The Balaban J connectivity index is 1.87. The van der Waals surface area contributed by atoms with Gasteiger partial charge in [-0.2, -0.15) is 5.10 Å². The SMILES string of the molecule is Cc1ccccc1NCC(O)Cn1cc([N+](=O)[O-])cn1. The summed E-state index contributed by atoms with van der Waals surface area (Å²) in [5.41, 5.74) is 1.97. The van der Waals surface area contributed by atoms with Crippen LogP contribution in [0.4, 0.5) is 11.4 Å². The van der Waals surface area contributed by atoms with Gasteiger partial charge in [-0.3, -0.25) is 14.8 Å². The zero-order valence-electron chi connectivity index (χ0n) is 11.1. The Hall–Kier alpha value is -2.41. The number of nitrogens with one attached hydrogen (secondary N) is 1. The van der Waals surface area contributed by atoms with Gasteiger partial charge in [0.2, 0.25) is 0 Å². The van der Waals surface area contributed by atoms with Crippen molar-refractivity contribution in [1.82, 2.24) is 9.78 Å². The van der Waals surface area contributed by atoms with Crippen molar-refractivity contribution >= 4 is 11.4 Å². The molecule has 0 spiro atoms. The van der Waals surface area contributed by atoms with E-state index in [0.29, 0.717) is 6.54 Å². The quantitative estimate of drug-likeness (QED) is 0.617. The molecule has 2 rings (SSSR count). The van der Waals surface area contributed by atoms with Gasteiger partial charge in [-0.1, -0.05) is 18.2 Å². The number of nitro groups is 1. The molecule has 1 unspecified atom stereocenters. The fourth-order valence-electron chi connectivity index (χ4n) is 1.83. The summed E-state index contributed by atoms with van der Waals surface area (Å²) in [7, 11) is 0. The van der Waals surface area contributed by atoms with Crippen LogP contribution in [0.25, 0.3) is 0 Å². The van der Waals surface area contributed by atoms with Gasteiger partial charge in [-0.25, -0.2) is 0 Å². The van der Waals surface area contributed by atoms with Gasteiger partial charge in [-0.15, -0.1) is 0 Å². The lowest BCUT2D eigenvalue weighted by atomic mass is 10.2. The largest absolute Gasteiger partial charge is 0.389 e. The number of anilines is 1. The van der Waals surface area contributed by atoms with Crippen molar-refractivity contribution in [2.45, 2.75) is 19.6 Å². The van der Waals surface area contributed by atoms with E-state index in [2.05, 4.69) is 10.4 Å². The third-order valence-electron chi connectivity index (χ3n) is 2.90. The summed E-state index contributed by atoms with van der Waals surface area (Å²) in [6, 6.07) is 7.77. The van der Waals surface area contributed by atoms with E-state index in [1.54, 1.807) is 0 Å². The number of benzene rings is 1. The molecule has 1 heterocycles. The first-order valence-corrected chi connectivity index (χ1v) is 6.20. The van der Waals surface area contributed by atoms with Crippen molar-refractivity contribution in [2.75, 3.05) is 11.9 Å². The second kappa shape index (κ2) is 6.16. The Morgan fingerprint density at radius 1 is 1.50 bits per heavy atom. The molecule has 1 aromatic carbocycles. The van der Waals surface area contributed by atoms with Gasteiger partial charge >= 0.3 is 5.69 Å². The van der Waals surface area contributed by atoms with Crippen LogP contribution in [0.2, 0.25) is 0 Å². The highest BCUT2D eigenvalue weighted by molar-refractivity contribution is 5.50. The smallest absolute Gasteiger partial charge is 0.306 e. The van der Waals surface area contributed by atoms with E-state index in [1.165, 1.54) is 17.1 Å². The minimum absolute atomic E-state index is 0.0796. The van der Waals surface area contributed by atoms with Crippen molar-refractivity contribution < 1.29 is 10.0 Å². The highest BCUT2D eigenvalue weighted by Crippen LogP contribution is 2.13. The molecule has 0 aliphatic rings. The van der Waals surface area contributed by atoms with Crippen molar-refractivity contribution in [3.63, 3.8) is 0 Å². The lowest BCUT2D eigenvalue weighted by Crippen LogP contribution is -2.25. The van der Waals surface area contributed by atoms with Crippen LogP contribution in [0.3, 0.4) is 0 Å². The number of aliphatic hydroxyl groups is 1. The van der Waals surface area contributed by atoms with Gasteiger partial charge in [0.1, 0.15) is 12.4 Å². The summed E-state index contributed by atoms with van der Waals surface area (Å²) in [4.78, 5) is 10.0. The fourth-order valence-corrected chi connectivity index (χ4v) is 1.83. The predicted molar refractivity (Wildman–Crippen MR) is 74.6 cm³/mol. The molecule has 20 heavy (non-hydrogen) atoms. The van der Waals surface area contributed by atoms with Crippen molar-refractivity contribution in [2.24, 2.45) is 0 Å². The van der Waals surface area contributed by atoms with E-state index in [0.717, 1.165) is 11.3 Å². The summed E-state index contributed by atoms with van der Waals surface area (Å²) in [6.45, 7) is 2.52. The van der Waals surface area contributed by atoms with Crippen LogP contribution >= 0.6 is 0 Å². The third kappa shape index (κ3) is 3.55. The molecule has 2 aromatic rings. The van der Waals surface area contributed by atoms with E-state index < -0.39 is 11.0 Å². The Morgan fingerprint density at radius 2 is 2.25 bits per heavy atom. The number of nitrogens with zero attached hydrogens (tertiary/aromatic N) is 3. The van der Waals surface area contributed by atoms with E-state index in [9.17, 15) is 15.2 Å². The Labute approximate surface area is 116 Å². The second-order valence-corrected chi connectivity index (χ2v) is 4.53. The lowest BCUT2D eigenvalue weighted by molar-refractivity contribution is -0.385. The van der Waals surface area contributed by atoms with Crippen molar-refractivity contribution in [3.05, 3.63) is 52.3 Å². The topological polar surface area (TPSA) is 93.2 Å². The molecule has 0 bridgehead atoms. The standard InChI is InChI=1S/C13H16N4O3/c1-10-4-2-3-5-13(10)14-7-12(18)9-16-8-11(6-15-16)17(19)20/h2-6,8,12,14,18H,7,9H2,1H3. The molecule has 0 fully saturated rings. The van der Waals surface area contributed by atoms with Crippen LogP contribution in [0.1, 0.15) is 5.56 Å². The minimum atomic E-state index is -0.686. The van der Waals surface area contributed by atoms with Gasteiger partial charge in [0, 0.05) is 12.2 Å². The Morgan fingerprint density at radius 3 is 2.90 bits per heavy atom. The average Bonchev–Trinajstić information content (AvgIpc) is 2.86. The molecule has 0 radical (unpaired) electrons. The summed E-state index contributed by atoms with van der Waals surface area (Å²) < 4.78 is 1.36. The van der Waals surface area contributed by atoms with E-state index in [-0.39, 0.29) is 12.2 Å². The number of aromatic nitrogens is 2. The monoisotopic (exact) mass is 276 g/mol. The molecule has 7 nitrogen and oxygen atoms in total. The number of rotatable bonds is 6. The molecule has 1 aromatic heterocycles. The number of hydrogen-bond donors (Lipinski definition) is 2. The molecule has 1 atom stereocenters. The number of aliphatic hydroxyl groups excluding tert-OH is 1. The lowest BCUT2D eigenvalue weighted by Gasteiger charge is -2.14. The van der Waals surface area contributed by atoms with Crippen LogP contribution in [0, 0.1) is 17.0 Å². The summed E-state index contributed by atoms with van der Waals surface area (Å²) in [6.07, 6.45) is 1.78. The molecule has 0 aliphatic heterocycles. The maximum Gasteiger partial charge on any atom is 0.306 e. The minimum Gasteiger partial charge on any atom is -0.389 e. The molecule has 0 saturated carbocycles. The van der Waals surface area contributed by atoms with Gasteiger partial charge in [0.05, 0.1) is 17.6 Å². The van der Waals surface area contributed by atoms with Gasteiger partial charge < -0.3 is 10.4 Å². The first kappa shape index (κ1) is 14.0. The van der Waals surface area contributed by atoms with Crippen LogP contribution in [0.15, 0.2) is 36.7 Å². The van der Waals surface area contributed by atoms with Crippen LogP contribution in [-0.2, 0) is 6.54 Å². The fraction of sp³-hybridized carbons (Fsp3) is 0.308. The average molecular weight is 276 g/mol. The number of hydrogen-bond acceptors (Lipinski definition) is 5. The Bertz CT molecular complexity index is 597. The second-order valence-electron chi connectivity index (χ2n) is 4.53. The maximum absolute atomic E-state index is 10.5. The first-order chi connectivity index (χ1) is 9.56. The highest BCUT2D eigenvalue weighted by Gasteiger charge is 2.12. The third-order valence-corrected chi connectivity index (χ3v) is 2.90. The van der Waals surface area contributed by atoms with E-state index in [4.69, 9.17) is 0 Å². The van der Waals surface area contributed by atoms with Gasteiger partial charge in [-0.05, 0) is 18.6 Å². The van der Waals surface area contributed by atoms with Crippen molar-refractivity contribution in [1.29, 1.82) is 0 Å². The normalized spacial score (nSPS) is 12.1. The molecule has 2 N–H and O–H groups in total. The van der Waals surface area contributed by atoms with Crippen molar-refractivity contribution in [3.8, 4) is 0 Å². The van der Waals surface area contributed by atoms with Crippen LogP contribution < -0.4 is 5.32 Å². The summed E-state index contributed by atoms with van der Waals surface area (Å²) in [5.74, 6) is 0. The molecule has 106 valence electrons. The van der Waals surface area contributed by atoms with Crippen LogP contribution in [-0.4, -0.2) is 32.5 Å². The predicted octanol–water partition coefficient (Wildman–Crippen LogP) is 1.57. The maximum atomic E-state index is 10.5. The molecule has 0 aliphatic carbocycles. The molecule has 0 saturated heterocycles. The first-order valence-electron chi connectivity index (χ1n) is 6.20. The van der Waals surface area contributed by atoms with E-state index >= 15 is 0 Å². The number of aryl methyl sites for hydroxylation is 1. The Kier molecular flexibility index (Phi) is 4.31. The number of para-hydroxylation sites is 1. The van der Waals surface area contributed by atoms with Gasteiger partial charge in [0.15, 0.2) is 0 Å². The highest BCUT2D eigenvalue weighted by atomic mass is 16.6. The van der Waals surface area contributed by atoms with E-state index in [1.807, 2.05) is 31.2 Å². The summed E-state index contributed by atoms with van der Waals surface area (Å²) in [5, 5.41) is 27.4. The van der Waals surface area contributed by atoms with Gasteiger partial charge in [0.25, 0.3) is 0 Å². The summed E-state index contributed by atoms with van der Waals surface area (Å²) >= 11 is 0. The molecular weight excluding hydrogens is 260 g/mol. The zero-order valence-corrected chi connectivity index (χ0v) is 11.1. The molecular formula is C13H16N4O3. The van der Waals surface area contributed by atoms with Crippen LogP contribution in [0.5, 0.6) is 0 Å².